The zero-order chi connectivity index (χ0) is 18.1. The molecule has 1 saturated heterocycles. The molecule has 1 aromatic carbocycles. The zero-order valence-corrected chi connectivity index (χ0v) is 14.9. The van der Waals surface area contributed by atoms with Crippen molar-refractivity contribution in [1.29, 1.82) is 0 Å². The summed E-state index contributed by atoms with van der Waals surface area (Å²) in [7, 11) is 0. The number of hydrogen-bond donors (Lipinski definition) is 1. The van der Waals surface area contributed by atoms with Crippen LogP contribution in [0, 0.1) is 18.8 Å². The minimum atomic E-state index is -0.790. The van der Waals surface area contributed by atoms with Crippen molar-refractivity contribution in [2.45, 2.75) is 20.3 Å². The summed E-state index contributed by atoms with van der Waals surface area (Å²) in [4.78, 5) is 25.8. The number of aliphatic carboxylic acids is 1. The lowest BCUT2D eigenvalue weighted by Gasteiger charge is -2.34. The average molecular weight is 362 g/mol. The zero-order valence-electron chi connectivity index (χ0n) is 14.1. The molecule has 6 nitrogen and oxygen atoms in total. The summed E-state index contributed by atoms with van der Waals surface area (Å²) in [5.41, 5.74) is 1.95. The summed E-state index contributed by atoms with van der Waals surface area (Å²) < 4.78 is 1.66. The van der Waals surface area contributed by atoms with Crippen LogP contribution in [0.5, 0.6) is 0 Å². The first-order valence-electron chi connectivity index (χ1n) is 8.21. The van der Waals surface area contributed by atoms with E-state index in [1.165, 1.54) is 0 Å². The number of para-hydroxylation sites is 1. The highest BCUT2D eigenvalue weighted by molar-refractivity contribution is 6.32. The van der Waals surface area contributed by atoms with Crippen molar-refractivity contribution in [2.24, 2.45) is 11.8 Å². The lowest BCUT2D eigenvalue weighted by Crippen LogP contribution is -2.45. The molecule has 2 atom stereocenters. The maximum absolute atomic E-state index is 12.9. The highest BCUT2D eigenvalue weighted by Gasteiger charge is 2.34. The van der Waals surface area contributed by atoms with E-state index in [0.717, 1.165) is 5.69 Å². The Morgan fingerprint density at radius 2 is 2.04 bits per heavy atom. The topological polar surface area (TPSA) is 75.4 Å². The number of carbonyl (C=O) groups is 2. The van der Waals surface area contributed by atoms with Gasteiger partial charge in [0, 0.05) is 13.1 Å². The number of carbonyl (C=O) groups excluding carboxylic acids is 1. The van der Waals surface area contributed by atoms with Gasteiger partial charge in [-0.1, -0.05) is 30.7 Å². The first-order valence-corrected chi connectivity index (χ1v) is 8.59. The number of halogens is 1. The minimum Gasteiger partial charge on any atom is -0.481 e. The Hall–Kier alpha value is -2.34. The normalized spacial score (nSPS) is 20.5. The van der Waals surface area contributed by atoms with E-state index in [2.05, 4.69) is 5.10 Å². The van der Waals surface area contributed by atoms with Gasteiger partial charge in [0.15, 0.2) is 0 Å². The maximum Gasteiger partial charge on any atom is 0.306 e. The SMILES string of the molecule is Cc1c(C(=O)N2CCC(C(=O)O)C(C)C2)cnn1-c1ccccc1Cl. The van der Waals surface area contributed by atoms with Crippen molar-refractivity contribution in [2.75, 3.05) is 13.1 Å². The van der Waals surface area contributed by atoms with Crippen LogP contribution in [-0.2, 0) is 4.79 Å². The van der Waals surface area contributed by atoms with Gasteiger partial charge in [-0.15, -0.1) is 0 Å². The second-order valence-corrected chi connectivity index (χ2v) is 6.88. The van der Waals surface area contributed by atoms with E-state index in [9.17, 15) is 14.7 Å². The largest absolute Gasteiger partial charge is 0.481 e. The predicted molar refractivity (Wildman–Crippen MR) is 94.1 cm³/mol. The highest BCUT2D eigenvalue weighted by atomic mass is 35.5. The third-order valence-corrected chi connectivity index (χ3v) is 5.15. The maximum atomic E-state index is 12.9. The molecule has 0 radical (unpaired) electrons. The molecule has 0 bridgehead atoms. The van der Waals surface area contributed by atoms with Gasteiger partial charge < -0.3 is 10.0 Å². The second kappa shape index (κ2) is 6.88. The molecule has 2 heterocycles. The molecule has 0 saturated carbocycles. The number of rotatable bonds is 3. The fraction of sp³-hybridized carbons (Fsp3) is 0.389. The number of amides is 1. The fourth-order valence-corrected chi connectivity index (χ4v) is 3.57. The van der Waals surface area contributed by atoms with Crippen LogP contribution >= 0.6 is 11.6 Å². The van der Waals surface area contributed by atoms with E-state index in [4.69, 9.17) is 11.6 Å². The molecule has 0 aliphatic carbocycles. The van der Waals surface area contributed by atoms with Crippen molar-refractivity contribution >= 4 is 23.5 Å². The summed E-state index contributed by atoms with van der Waals surface area (Å²) in [6.45, 7) is 4.58. The summed E-state index contributed by atoms with van der Waals surface area (Å²) in [6.07, 6.45) is 2.02. The van der Waals surface area contributed by atoms with E-state index >= 15 is 0 Å². The van der Waals surface area contributed by atoms with Gasteiger partial charge >= 0.3 is 5.97 Å². The van der Waals surface area contributed by atoms with E-state index in [1.807, 2.05) is 32.0 Å². The van der Waals surface area contributed by atoms with E-state index in [0.29, 0.717) is 35.8 Å². The second-order valence-electron chi connectivity index (χ2n) is 6.47. The molecule has 0 spiro atoms. The molecular weight excluding hydrogens is 342 g/mol. The first kappa shape index (κ1) is 17.5. The first-order chi connectivity index (χ1) is 11.9. The number of benzene rings is 1. The quantitative estimate of drug-likeness (QED) is 0.911. The van der Waals surface area contributed by atoms with Crippen molar-refractivity contribution in [3.8, 4) is 5.69 Å². The Morgan fingerprint density at radius 1 is 1.32 bits per heavy atom. The average Bonchev–Trinajstić information content (AvgIpc) is 2.95. The predicted octanol–water partition coefficient (Wildman–Crippen LogP) is 3.02. The molecule has 132 valence electrons. The van der Waals surface area contributed by atoms with Crippen LogP contribution in [0.2, 0.25) is 5.02 Å². The molecule has 1 aliphatic rings. The lowest BCUT2D eigenvalue weighted by molar-refractivity contribution is -0.145. The van der Waals surface area contributed by atoms with Gasteiger partial charge in [0.2, 0.25) is 0 Å². The molecule has 2 unspecified atom stereocenters. The number of nitrogens with zero attached hydrogens (tertiary/aromatic N) is 3. The monoisotopic (exact) mass is 361 g/mol. The van der Waals surface area contributed by atoms with Crippen LogP contribution in [0.3, 0.4) is 0 Å². The van der Waals surface area contributed by atoms with Crippen molar-refractivity contribution in [1.82, 2.24) is 14.7 Å². The molecular formula is C18H20ClN3O3. The van der Waals surface area contributed by atoms with Crippen LogP contribution in [0.1, 0.15) is 29.4 Å². The number of hydrogen-bond acceptors (Lipinski definition) is 3. The Balaban J connectivity index is 1.83. The minimum absolute atomic E-state index is 0.0749. The molecule has 1 N–H and O–H groups in total. The Labute approximate surface area is 151 Å². The van der Waals surface area contributed by atoms with E-state index in [1.54, 1.807) is 21.8 Å². The Morgan fingerprint density at radius 3 is 2.68 bits per heavy atom. The van der Waals surface area contributed by atoms with E-state index < -0.39 is 11.9 Å². The standard InChI is InChI=1S/C18H20ClN3O3/c1-11-10-21(8-7-13(11)18(24)25)17(23)14-9-20-22(12(14)2)16-6-4-3-5-15(16)19/h3-6,9,11,13H,7-8,10H2,1-2H3,(H,24,25). The van der Waals surface area contributed by atoms with Crippen molar-refractivity contribution in [3.63, 3.8) is 0 Å². The van der Waals surface area contributed by atoms with Crippen LogP contribution in [0.15, 0.2) is 30.5 Å². The smallest absolute Gasteiger partial charge is 0.306 e. The van der Waals surface area contributed by atoms with Gasteiger partial charge in [-0.05, 0) is 31.4 Å². The van der Waals surface area contributed by atoms with Crippen LogP contribution in [0.25, 0.3) is 5.69 Å². The molecule has 1 fully saturated rings. The molecule has 7 heteroatoms. The lowest BCUT2D eigenvalue weighted by atomic mass is 9.87. The number of piperidine rings is 1. The third-order valence-electron chi connectivity index (χ3n) is 4.83. The van der Waals surface area contributed by atoms with E-state index in [-0.39, 0.29) is 11.8 Å². The van der Waals surface area contributed by atoms with Gasteiger partial charge in [-0.25, -0.2) is 4.68 Å². The summed E-state index contributed by atoms with van der Waals surface area (Å²) >= 11 is 6.22. The molecule has 1 aromatic heterocycles. The van der Waals surface area contributed by atoms with Gasteiger partial charge in [0.05, 0.1) is 34.1 Å². The van der Waals surface area contributed by atoms with Gasteiger partial charge in [0.25, 0.3) is 5.91 Å². The van der Waals surface area contributed by atoms with Crippen molar-refractivity contribution in [3.05, 3.63) is 46.7 Å². The number of aromatic nitrogens is 2. The number of likely N-dealkylation sites (tertiary alicyclic amines) is 1. The van der Waals surface area contributed by atoms with Gasteiger partial charge in [-0.3, -0.25) is 9.59 Å². The molecule has 1 aliphatic heterocycles. The summed E-state index contributed by atoms with van der Waals surface area (Å²) in [6, 6.07) is 7.32. The summed E-state index contributed by atoms with van der Waals surface area (Å²) in [5, 5.41) is 14.1. The highest BCUT2D eigenvalue weighted by Crippen LogP contribution is 2.26. The Kier molecular flexibility index (Phi) is 4.81. The molecule has 25 heavy (non-hydrogen) atoms. The summed E-state index contributed by atoms with van der Waals surface area (Å²) in [5.74, 6) is -1.38. The van der Waals surface area contributed by atoms with Gasteiger partial charge in [-0.2, -0.15) is 5.10 Å². The van der Waals surface area contributed by atoms with Crippen LogP contribution in [0.4, 0.5) is 0 Å². The van der Waals surface area contributed by atoms with Crippen molar-refractivity contribution < 1.29 is 14.7 Å². The van der Waals surface area contributed by atoms with Gasteiger partial charge in [0.1, 0.15) is 0 Å². The molecule has 2 aromatic rings. The van der Waals surface area contributed by atoms with Crippen LogP contribution in [-0.4, -0.2) is 44.8 Å². The third kappa shape index (κ3) is 3.26. The number of carboxylic acids is 1. The molecule has 3 rings (SSSR count). The molecule has 1 amide bonds. The van der Waals surface area contributed by atoms with Crippen LogP contribution < -0.4 is 0 Å². The number of carboxylic acid groups (broad SMARTS) is 1. The Bertz CT molecular complexity index is 818. The fourth-order valence-electron chi connectivity index (χ4n) is 3.35.